The summed E-state index contributed by atoms with van der Waals surface area (Å²) < 4.78 is 10.9. The zero-order valence-corrected chi connectivity index (χ0v) is 15.2. The molecule has 0 aromatic rings. The summed E-state index contributed by atoms with van der Waals surface area (Å²) in [5, 5.41) is 2.75. The van der Waals surface area contributed by atoms with Crippen molar-refractivity contribution in [2.75, 3.05) is 6.54 Å². The fourth-order valence-electron chi connectivity index (χ4n) is 3.00. The Morgan fingerprint density at radius 3 is 2.67 bits per heavy atom. The Kier molecular flexibility index (Phi) is 10.2. The van der Waals surface area contributed by atoms with Crippen LogP contribution in [0, 0.1) is 5.92 Å². The van der Waals surface area contributed by atoms with E-state index < -0.39 is 0 Å². The molecular formula is C19H33NO4. The average Bonchev–Trinajstić information content (AvgIpc) is 2.57. The highest BCUT2D eigenvalue weighted by atomic mass is 16.6. The summed E-state index contributed by atoms with van der Waals surface area (Å²) in [7, 11) is 0. The number of cyclic esters (lactones) is 1. The maximum atomic E-state index is 11.8. The van der Waals surface area contributed by atoms with Crippen LogP contribution in [0.2, 0.25) is 0 Å². The molecule has 5 nitrogen and oxygen atoms in total. The fourth-order valence-corrected chi connectivity index (χ4v) is 3.00. The highest BCUT2D eigenvalue weighted by Crippen LogP contribution is 2.32. The Balaban J connectivity index is 2.44. The summed E-state index contributed by atoms with van der Waals surface area (Å²) in [6.45, 7) is 7.92. The monoisotopic (exact) mass is 339 g/mol. The Bertz CT molecular complexity index is 397. The van der Waals surface area contributed by atoms with E-state index in [9.17, 15) is 9.59 Å². The molecule has 1 heterocycles. The molecule has 0 saturated carbocycles. The third kappa shape index (κ3) is 7.37. The molecule has 1 unspecified atom stereocenters. The summed E-state index contributed by atoms with van der Waals surface area (Å²) >= 11 is 0. The first kappa shape index (κ1) is 20.5. The molecule has 3 atom stereocenters. The number of hydrogen-bond acceptors (Lipinski definition) is 5. The van der Waals surface area contributed by atoms with Gasteiger partial charge in [-0.15, -0.1) is 0 Å². The van der Waals surface area contributed by atoms with Crippen LogP contribution < -0.4 is 5.32 Å². The second-order valence-corrected chi connectivity index (χ2v) is 6.51. The summed E-state index contributed by atoms with van der Waals surface area (Å²) in [5.41, 5.74) is 0. The molecule has 1 saturated heterocycles. The van der Waals surface area contributed by atoms with Crippen LogP contribution in [0.3, 0.4) is 0 Å². The van der Waals surface area contributed by atoms with E-state index in [1.165, 1.54) is 19.0 Å². The predicted octanol–water partition coefficient (Wildman–Crippen LogP) is 3.72. The van der Waals surface area contributed by atoms with E-state index in [4.69, 9.17) is 9.47 Å². The largest absolute Gasteiger partial charge is 0.461 e. The molecule has 5 heteroatoms. The van der Waals surface area contributed by atoms with Crippen molar-refractivity contribution in [1.29, 1.82) is 0 Å². The summed E-state index contributed by atoms with van der Waals surface area (Å²) in [6.07, 6.45) is 10.2. The maximum absolute atomic E-state index is 11.8. The number of ether oxygens (including phenoxy) is 2. The van der Waals surface area contributed by atoms with Crippen LogP contribution in [0.15, 0.2) is 12.8 Å². The van der Waals surface area contributed by atoms with E-state index in [1.807, 2.05) is 0 Å². The van der Waals surface area contributed by atoms with Crippen LogP contribution >= 0.6 is 0 Å². The van der Waals surface area contributed by atoms with Gasteiger partial charge >= 0.3 is 11.9 Å². The molecule has 138 valence electrons. The van der Waals surface area contributed by atoms with Crippen LogP contribution in [0.25, 0.3) is 0 Å². The van der Waals surface area contributed by atoms with Crippen molar-refractivity contribution >= 4 is 11.9 Å². The first-order valence-electron chi connectivity index (χ1n) is 9.36. The van der Waals surface area contributed by atoms with Crippen LogP contribution in [-0.2, 0) is 19.1 Å². The maximum Gasteiger partial charge on any atom is 0.325 e. The average molecular weight is 339 g/mol. The van der Waals surface area contributed by atoms with Gasteiger partial charge in [-0.2, -0.15) is 0 Å². The van der Waals surface area contributed by atoms with Crippen LogP contribution in [-0.4, -0.2) is 30.7 Å². The Hall–Kier alpha value is -1.52. The lowest BCUT2D eigenvalue weighted by molar-refractivity contribution is -0.190. The van der Waals surface area contributed by atoms with Gasteiger partial charge < -0.3 is 14.8 Å². The first-order valence-corrected chi connectivity index (χ1v) is 9.36. The van der Waals surface area contributed by atoms with Gasteiger partial charge in [0.15, 0.2) is 0 Å². The molecule has 0 amide bonds. The minimum Gasteiger partial charge on any atom is -0.461 e. The van der Waals surface area contributed by atoms with Crippen LogP contribution in [0.4, 0.5) is 0 Å². The van der Waals surface area contributed by atoms with E-state index in [1.54, 1.807) is 0 Å². The van der Waals surface area contributed by atoms with Gasteiger partial charge in [-0.25, -0.2) is 0 Å². The third-order valence-corrected chi connectivity index (χ3v) is 4.45. The highest BCUT2D eigenvalue weighted by molar-refractivity contribution is 5.78. The summed E-state index contributed by atoms with van der Waals surface area (Å²) in [6, 6.07) is 0. The number of hydrogen-bond donors (Lipinski definition) is 1. The molecule has 1 fully saturated rings. The van der Waals surface area contributed by atoms with Crippen molar-refractivity contribution in [3.63, 3.8) is 0 Å². The molecule has 1 aliphatic heterocycles. The van der Waals surface area contributed by atoms with E-state index in [2.05, 4.69) is 25.7 Å². The molecule has 0 spiro atoms. The zero-order valence-electron chi connectivity index (χ0n) is 15.2. The summed E-state index contributed by atoms with van der Waals surface area (Å²) in [5.74, 6) is -0.400. The number of unbranched alkanes of at least 4 members (excludes halogenated alkanes) is 4. The van der Waals surface area contributed by atoms with Gasteiger partial charge in [0.05, 0.1) is 5.92 Å². The number of carbonyl (C=O) groups excluding carboxylic acids is 2. The standard InChI is InChI=1S/C19H33NO4/c1-4-7-9-10-12-16-17(24-19(16)22)13-15(11-8-5-2)23-18(21)14-20-6-3/h6,15-17,20H,3-5,7-14H2,1-2H3/t15-,16+,17?/m1/s1. The van der Waals surface area contributed by atoms with Crippen molar-refractivity contribution in [2.24, 2.45) is 5.92 Å². The van der Waals surface area contributed by atoms with Gasteiger partial charge in [-0.1, -0.05) is 59.0 Å². The first-order chi connectivity index (χ1) is 11.6. The van der Waals surface area contributed by atoms with Gasteiger partial charge in [0, 0.05) is 6.42 Å². The van der Waals surface area contributed by atoms with Crippen molar-refractivity contribution in [2.45, 2.75) is 83.8 Å². The molecule has 0 aromatic carbocycles. The smallest absolute Gasteiger partial charge is 0.325 e. The minimum absolute atomic E-state index is 0.0176. The van der Waals surface area contributed by atoms with E-state index >= 15 is 0 Å². The lowest BCUT2D eigenvalue weighted by atomic mass is 9.86. The second kappa shape index (κ2) is 11.9. The highest BCUT2D eigenvalue weighted by Gasteiger charge is 2.43. The second-order valence-electron chi connectivity index (χ2n) is 6.51. The van der Waals surface area contributed by atoms with Gasteiger partial charge in [-0.05, 0) is 19.0 Å². The lowest BCUT2D eigenvalue weighted by Gasteiger charge is -2.37. The Morgan fingerprint density at radius 2 is 2.04 bits per heavy atom. The molecule has 0 aromatic heterocycles. The third-order valence-electron chi connectivity index (χ3n) is 4.45. The van der Waals surface area contributed by atoms with Gasteiger partial charge in [0.1, 0.15) is 18.8 Å². The topological polar surface area (TPSA) is 64.6 Å². The molecule has 24 heavy (non-hydrogen) atoms. The van der Waals surface area contributed by atoms with E-state index in [0.29, 0.717) is 6.42 Å². The normalized spacial score (nSPS) is 20.7. The number of esters is 2. The van der Waals surface area contributed by atoms with Crippen LogP contribution in [0.5, 0.6) is 0 Å². The Morgan fingerprint density at radius 1 is 1.29 bits per heavy atom. The van der Waals surface area contributed by atoms with Crippen molar-refractivity contribution in [3.05, 3.63) is 12.8 Å². The van der Waals surface area contributed by atoms with Crippen LogP contribution in [0.1, 0.15) is 71.6 Å². The minimum atomic E-state index is -0.291. The number of nitrogens with one attached hydrogen (secondary N) is 1. The van der Waals surface area contributed by atoms with E-state index in [-0.39, 0.29) is 36.6 Å². The SMILES string of the molecule is C=CNCC(=O)O[C@H](CCCC)CC1OC(=O)[C@H]1CCCCCC. The number of carbonyl (C=O) groups is 2. The Labute approximate surface area is 146 Å². The molecule has 1 rings (SSSR count). The number of rotatable bonds is 14. The van der Waals surface area contributed by atoms with Crippen molar-refractivity contribution in [1.82, 2.24) is 5.32 Å². The molecule has 0 bridgehead atoms. The zero-order chi connectivity index (χ0) is 17.8. The quantitative estimate of drug-likeness (QED) is 0.386. The molecule has 0 aliphatic carbocycles. The molecule has 1 aliphatic rings. The van der Waals surface area contributed by atoms with Gasteiger partial charge in [0.25, 0.3) is 0 Å². The summed E-state index contributed by atoms with van der Waals surface area (Å²) in [4.78, 5) is 23.5. The molecular weight excluding hydrogens is 306 g/mol. The van der Waals surface area contributed by atoms with Gasteiger partial charge in [0.2, 0.25) is 0 Å². The van der Waals surface area contributed by atoms with E-state index in [0.717, 1.165) is 38.5 Å². The van der Waals surface area contributed by atoms with Crippen molar-refractivity contribution < 1.29 is 19.1 Å². The predicted molar refractivity (Wildman–Crippen MR) is 94.4 cm³/mol. The molecule has 1 N–H and O–H groups in total. The fraction of sp³-hybridized carbons (Fsp3) is 0.789. The molecule has 0 radical (unpaired) electrons. The lowest BCUT2D eigenvalue weighted by Crippen LogP contribution is -2.47. The van der Waals surface area contributed by atoms with Crippen molar-refractivity contribution in [3.8, 4) is 0 Å². The van der Waals surface area contributed by atoms with Gasteiger partial charge in [-0.3, -0.25) is 9.59 Å².